The number of nitrogens with zero attached hydrogens (tertiary/aromatic N) is 1. The fourth-order valence-corrected chi connectivity index (χ4v) is 2.62. The molecule has 0 saturated heterocycles. The normalized spacial score (nSPS) is 13.2. The van der Waals surface area contributed by atoms with E-state index in [1.54, 1.807) is 0 Å². The van der Waals surface area contributed by atoms with E-state index in [0.29, 0.717) is 19.0 Å². The summed E-state index contributed by atoms with van der Waals surface area (Å²) in [6, 6.07) is 2.94. The van der Waals surface area contributed by atoms with Crippen molar-refractivity contribution in [3.05, 3.63) is 18.3 Å². The molecular formula is C12H21N3O4S. The number of hydrogen-bond donors (Lipinski definition) is 2. The molecule has 1 unspecified atom stereocenters. The van der Waals surface area contributed by atoms with Gasteiger partial charge in [0.2, 0.25) is 10.0 Å². The first-order valence-electron chi connectivity index (χ1n) is 6.24. The molecule has 0 aliphatic rings. The highest BCUT2D eigenvalue weighted by atomic mass is 32.2. The van der Waals surface area contributed by atoms with Gasteiger partial charge >= 0.3 is 0 Å². The molecule has 114 valence electrons. The van der Waals surface area contributed by atoms with Crippen LogP contribution < -0.4 is 10.0 Å². The maximum Gasteiger partial charge on any atom is 0.240 e. The molecule has 0 amide bonds. The smallest absolute Gasteiger partial charge is 0.240 e. The number of ether oxygens (including phenoxy) is 2. The molecule has 0 spiro atoms. The minimum atomic E-state index is -3.59. The molecule has 0 aliphatic heterocycles. The van der Waals surface area contributed by atoms with E-state index >= 15 is 0 Å². The molecule has 1 aromatic rings. The Bertz CT molecular complexity index is 507. The van der Waals surface area contributed by atoms with Crippen molar-refractivity contribution in [1.29, 1.82) is 0 Å². The van der Waals surface area contributed by atoms with Gasteiger partial charge in [0, 0.05) is 39.6 Å². The van der Waals surface area contributed by atoms with Gasteiger partial charge in [-0.15, -0.1) is 0 Å². The maximum atomic E-state index is 12.2. The van der Waals surface area contributed by atoms with E-state index in [1.165, 1.54) is 32.5 Å². The summed E-state index contributed by atoms with van der Waals surface area (Å²) in [5, 5.41) is 2.97. The van der Waals surface area contributed by atoms with Gasteiger partial charge < -0.3 is 14.8 Å². The van der Waals surface area contributed by atoms with Gasteiger partial charge in [-0.25, -0.2) is 18.1 Å². The molecule has 0 aromatic carbocycles. The molecule has 1 aromatic heterocycles. The van der Waals surface area contributed by atoms with E-state index in [9.17, 15) is 8.42 Å². The summed E-state index contributed by atoms with van der Waals surface area (Å²) in [6.45, 7) is 3.04. The van der Waals surface area contributed by atoms with Crippen LogP contribution in [0.3, 0.4) is 0 Å². The monoisotopic (exact) mass is 303 g/mol. The number of sulfonamides is 1. The van der Waals surface area contributed by atoms with Gasteiger partial charge in [0.1, 0.15) is 5.82 Å². The van der Waals surface area contributed by atoms with Crippen LogP contribution in [0.5, 0.6) is 0 Å². The summed E-state index contributed by atoms with van der Waals surface area (Å²) in [5.74, 6) is 0.524. The predicted molar refractivity (Wildman–Crippen MR) is 76.3 cm³/mol. The minimum Gasteiger partial charge on any atom is -0.382 e. The van der Waals surface area contributed by atoms with Gasteiger partial charge in [0.15, 0.2) is 0 Å². The van der Waals surface area contributed by atoms with E-state index in [2.05, 4.69) is 15.0 Å². The molecule has 7 nitrogen and oxygen atoms in total. The number of pyridine rings is 1. The largest absolute Gasteiger partial charge is 0.382 e. The van der Waals surface area contributed by atoms with Gasteiger partial charge in [-0.05, 0) is 13.0 Å². The average Bonchev–Trinajstić information content (AvgIpc) is 2.44. The number of methoxy groups -OCH3 is 2. The summed E-state index contributed by atoms with van der Waals surface area (Å²) in [4.78, 5) is 4.20. The first-order chi connectivity index (χ1) is 9.53. The molecule has 20 heavy (non-hydrogen) atoms. The molecule has 0 fully saturated rings. The topological polar surface area (TPSA) is 89.6 Å². The zero-order chi connectivity index (χ0) is 15.0. The number of aromatic nitrogens is 1. The quantitative estimate of drug-likeness (QED) is 0.688. The van der Waals surface area contributed by atoms with Crippen molar-refractivity contribution in [2.75, 3.05) is 39.2 Å². The van der Waals surface area contributed by atoms with E-state index < -0.39 is 10.0 Å². The summed E-state index contributed by atoms with van der Waals surface area (Å²) in [6.07, 6.45) is 1.13. The van der Waals surface area contributed by atoms with Crippen LogP contribution in [-0.2, 0) is 19.5 Å². The number of rotatable bonds is 9. The Hall–Kier alpha value is -1.22. The van der Waals surface area contributed by atoms with Crippen molar-refractivity contribution in [3.8, 4) is 0 Å². The average molecular weight is 303 g/mol. The molecular weight excluding hydrogens is 282 g/mol. The highest BCUT2D eigenvalue weighted by Gasteiger charge is 2.17. The summed E-state index contributed by atoms with van der Waals surface area (Å²) < 4.78 is 36.8. The second-order valence-electron chi connectivity index (χ2n) is 4.07. The third kappa shape index (κ3) is 5.04. The molecule has 2 N–H and O–H groups in total. The SMILES string of the molecule is CCNc1cc(S(=O)(=O)NCC(COC)OC)ccn1. The van der Waals surface area contributed by atoms with Crippen LogP contribution >= 0.6 is 0 Å². The minimum absolute atomic E-state index is 0.144. The Balaban J connectivity index is 2.75. The van der Waals surface area contributed by atoms with Crippen molar-refractivity contribution in [1.82, 2.24) is 9.71 Å². The third-order valence-electron chi connectivity index (χ3n) is 2.59. The van der Waals surface area contributed by atoms with Crippen molar-refractivity contribution >= 4 is 15.8 Å². The molecule has 0 bridgehead atoms. The van der Waals surface area contributed by atoms with Crippen LogP contribution in [0, 0.1) is 0 Å². The molecule has 1 atom stereocenters. The lowest BCUT2D eigenvalue weighted by atomic mass is 10.4. The summed E-state index contributed by atoms with van der Waals surface area (Å²) >= 11 is 0. The highest BCUT2D eigenvalue weighted by molar-refractivity contribution is 7.89. The Labute approximate surface area is 119 Å². The van der Waals surface area contributed by atoms with Gasteiger partial charge in [-0.3, -0.25) is 0 Å². The number of nitrogens with one attached hydrogen (secondary N) is 2. The Kier molecular flexibility index (Phi) is 6.86. The molecule has 0 radical (unpaired) electrons. The van der Waals surface area contributed by atoms with Crippen LogP contribution in [0.25, 0.3) is 0 Å². The Morgan fingerprint density at radius 3 is 2.75 bits per heavy atom. The highest BCUT2D eigenvalue weighted by Crippen LogP contribution is 2.12. The van der Waals surface area contributed by atoms with Crippen molar-refractivity contribution in [3.63, 3.8) is 0 Å². The summed E-state index contributed by atoms with van der Waals surface area (Å²) in [7, 11) is -0.549. The molecule has 0 saturated carbocycles. The van der Waals surface area contributed by atoms with E-state index in [0.717, 1.165) is 0 Å². The molecule has 1 heterocycles. The van der Waals surface area contributed by atoms with E-state index in [4.69, 9.17) is 9.47 Å². The lowest BCUT2D eigenvalue weighted by Crippen LogP contribution is -2.35. The van der Waals surface area contributed by atoms with Crippen LogP contribution in [-0.4, -0.2) is 53.4 Å². The van der Waals surface area contributed by atoms with Crippen molar-refractivity contribution in [2.45, 2.75) is 17.9 Å². The predicted octanol–water partition coefficient (Wildman–Crippen LogP) is 0.453. The molecule has 1 rings (SSSR count). The van der Waals surface area contributed by atoms with Gasteiger partial charge in [0.05, 0.1) is 17.6 Å². The van der Waals surface area contributed by atoms with Gasteiger partial charge in [-0.2, -0.15) is 0 Å². The second-order valence-corrected chi connectivity index (χ2v) is 5.84. The van der Waals surface area contributed by atoms with Crippen LogP contribution in [0.2, 0.25) is 0 Å². The lowest BCUT2D eigenvalue weighted by Gasteiger charge is -2.15. The van der Waals surface area contributed by atoms with E-state index in [1.807, 2.05) is 6.92 Å². The first-order valence-corrected chi connectivity index (χ1v) is 7.73. The Morgan fingerprint density at radius 1 is 1.40 bits per heavy atom. The second kappa shape index (κ2) is 8.15. The summed E-state index contributed by atoms with van der Waals surface area (Å²) in [5.41, 5.74) is 0. The third-order valence-corrected chi connectivity index (χ3v) is 4.01. The van der Waals surface area contributed by atoms with Crippen LogP contribution in [0.1, 0.15) is 6.92 Å². The van der Waals surface area contributed by atoms with Crippen LogP contribution in [0.4, 0.5) is 5.82 Å². The maximum absolute atomic E-state index is 12.2. The Morgan fingerprint density at radius 2 is 2.15 bits per heavy atom. The zero-order valence-corrected chi connectivity index (χ0v) is 12.7. The van der Waals surface area contributed by atoms with Crippen molar-refractivity contribution in [2.24, 2.45) is 0 Å². The number of anilines is 1. The zero-order valence-electron chi connectivity index (χ0n) is 11.9. The fraction of sp³-hybridized carbons (Fsp3) is 0.583. The lowest BCUT2D eigenvalue weighted by molar-refractivity contribution is 0.0320. The van der Waals surface area contributed by atoms with Crippen molar-refractivity contribution < 1.29 is 17.9 Å². The fourth-order valence-electron chi connectivity index (χ4n) is 1.54. The standard InChI is InChI=1S/C12H21N3O4S/c1-4-13-12-7-11(5-6-14-12)20(16,17)15-8-10(19-3)9-18-2/h5-7,10,15H,4,8-9H2,1-3H3,(H,13,14). The van der Waals surface area contributed by atoms with Gasteiger partial charge in [0.25, 0.3) is 0 Å². The number of hydrogen-bond acceptors (Lipinski definition) is 6. The first kappa shape index (κ1) is 16.8. The molecule has 8 heteroatoms. The molecule has 0 aliphatic carbocycles. The van der Waals surface area contributed by atoms with Gasteiger partial charge in [-0.1, -0.05) is 0 Å². The van der Waals surface area contributed by atoms with Crippen LogP contribution in [0.15, 0.2) is 23.2 Å². The van der Waals surface area contributed by atoms with E-state index in [-0.39, 0.29) is 17.5 Å².